The van der Waals surface area contributed by atoms with E-state index in [1.54, 1.807) is 0 Å². The molecule has 0 radical (unpaired) electrons. The summed E-state index contributed by atoms with van der Waals surface area (Å²) in [6.45, 7) is 9.99. The Hall–Kier alpha value is -1.59. The molecule has 0 bridgehead atoms. The fourth-order valence-electron chi connectivity index (χ4n) is 2.97. The fourth-order valence-corrected chi connectivity index (χ4v) is 2.97. The molecule has 1 atom stereocenters. The van der Waals surface area contributed by atoms with E-state index in [0.29, 0.717) is 6.54 Å². The molecule has 140 valence electrons. The number of nitrogens with one attached hydrogen (secondary N) is 2. The second-order valence-electron chi connectivity index (χ2n) is 7.02. The van der Waals surface area contributed by atoms with Crippen LogP contribution in [0.5, 0.6) is 0 Å². The van der Waals surface area contributed by atoms with Crippen LogP contribution in [0.3, 0.4) is 0 Å². The number of rotatable bonds is 8. The van der Waals surface area contributed by atoms with E-state index < -0.39 is 0 Å². The fraction of sp³-hybridized carbons (Fsp3) is 0.650. The molecule has 1 heterocycles. The molecule has 1 fully saturated rings. The molecule has 1 aliphatic rings. The molecular formula is C20H34N4O. The van der Waals surface area contributed by atoms with Crippen molar-refractivity contribution in [2.45, 2.75) is 46.2 Å². The lowest BCUT2D eigenvalue weighted by Crippen LogP contribution is -2.39. The molecule has 0 spiro atoms. The smallest absolute Gasteiger partial charge is 0.191 e. The third-order valence-corrected chi connectivity index (χ3v) is 4.57. The van der Waals surface area contributed by atoms with Crippen molar-refractivity contribution in [3.63, 3.8) is 0 Å². The first-order valence-electron chi connectivity index (χ1n) is 9.64. The van der Waals surface area contributed by atoms with Gasteiger partial charge >= 0.3 is 0 Å². The van der Waals surface area contributed by atoms with Gasteiger partial charge in [-0.2, -0.15) is 0 Å². The molecule has 1 unspecified atom stereocenters. The van der Waals surface area contributed by atoms with Crippen LogP contribution >= 0.6 is 0 Å². The Morgan fingerprint density at radius 1 is 1.12 bits per heavy atom. The van der Waals surface area contributed by atoms with Crippen molar-refractivity contribution in [1.29, 1.82) is 0 Å². The maximum atomic E-state index is 9.13. The molecule has 1 aromatic carbocycles. The van der Waals surface area contributed by atoms with Crippen LogP contribution in [0.15, 0.2) is 29.3 Å². The standard InChI is InChI=1S/C20H34N4O/c1-3-21-20(22-13-17(2)16-25)23-14-18-7-9-19(10-8-18)15-24-11-5-4-6-12-24/h7-10,17,25H,3-6,11-16H2,1-2H3,(H2,21,22,23). The Kier molecular flexibility index (Phi) is 8.77. The van der Waals surface area contributed by atoms with Crippen LogP contribution in [0.1, 0.15) is 44.2 Å². The number of aliphatic hydroxyl groups is 1. The SMILES string of the molecule is CCNC(=NCc1ccc(CN2CCCCC2)cc1)NCC(C)CO. The van der Waals surface area contributed by atoms with Crippen molar-refractivity contribution in [2.24, 2.45) is 10.9 Å². The summed E-state index contributed by atoms with van der Waals surface area (Å²) in [5, 5.41) is 15.7. The van der Waals surface area contributed by atoms with Crippen LogP contribution in [-0.4, -0.2) is 48.8 Å². The largest absolute Gasteiger partial charge is 0.396 e. The van der Waals surface area contributed by atoms with Crippen molar-refractivity contribution < 1.29 is 5.11 Å². The van der Waals surface area contributed by atoms with Crippen molar-refractivity contribution in [1.82, 2.24) is 15.5 Å². The maximum Gasteiger partial charge on any atom is 0.191 e. The molecular weight excluding hydrogens is 312 g/mol. The van der Waals surface area contributed by atoms with Crippen molar-refractivity contribution in [2.75, 3.05) is 32.8 Å². The number of hydrogen-bond acceptors (Lipinski definition) is 3. The molecule has 1 aromatic rings. The van der Waals surface area contributed by atoms with Crippen LogP contribution in [0.25, 0.3) is 0 Å². The van der Waals surface area contributed by atoms with Gasteiger partial charge in [0.1, 0.15) is 0 Å². The summed E-state index contributed by atoms with van der Waals surface area (Å²) in [4.78, 5) is 7.19. The normalized spacial score (nSPS) is 17.3. The van der Waals surface area contributed by atoms with Gasteiger partial charge in [-0.15, -0.1) is 0 Å². The van der Waals surface area contributed by atoms with Crippen LogP contribution in [0.4, 0.5) is 0 Å². The van der Waals surface area contributed by atoms with Gasteiger partial charge in [-0.05, 0) is 49.9 Å². The predicted octanol–water partition coefficient (Wildman–Crippen LogP) is 2.36. The Bertz CT molecular complexity index is 509. The van der Waals surface area contributed by atoms with Crippen LogP contribution in [-0.2, 0) is 13.1 Å². The third-order valence-electron chi connectivity index (χ3n) is 4.57. The summed E-state index contributed by atoms with van der Waals surface area (Å²) in [5.74, 6) is 1.03. The van der Waals surface area contributed by atoms with Gasteiger partial charge < -0.3 is 15.7 Å². The lowest BCUT2D eigenvalue weighted by Gasteiger charge is -2.26. The minimum Gasteiger partial charge on any atom is -0.396 e. The minimum absolute atomic E-state index is 0.185. The lowest BCUT2D eigenvalue weighted by molar-refractivity contribution is 0.221. The van der Waals surface area contributed by atoms with Crippen molar-refractivity contribution >= 4 is 5.96 Å². The number of guanidine groups is 1. The predicted molar refractivity (Wildman–Crippen MR) is 105 cm³/mol. The van der Waals surface area contributed by atoms with E-state index in [0.717, 1.165) is 25.6 Å². The second-order valence-corrected chi connectivity index (χ2v) is 7.02. The maximum absolute atomic E-state index is 9.13. The Morgan fingerprint density at radius 2 is 1.80 bits per heavy atom. The molecule has 1 saturated heterocycles. The Balaban J connectivity index is 1.84. The molecule has 1 aliphatic heterocycles. The Labute approximate surface area is 152 Å². The van der Waals surface area contributed by atoms with Crippen LogP contribution in [0, 0.1) is 5.92 Å². The molecule has 0 aliphatic carbocycles. The third kappa shape index (κ3) is 7.45. The molecule has 0 amide bonds. The van der Waals surface area contributed by atoms with Gasteiger partial charge in [0.25, 0.3) is 0 Å². The highest BCUT2D eigenvalue weighted by Crippen LogP contribution is 2.14. The molecule has 25 heavy (non-hydrogen) atoms. The van der Waals surface area contributed by atoms with Crippen LogP contribution < -0.4 is 10.6 Å². The highest BCUT2D eigenvalue weighted by atomic mass is 16.3. The number of aliphatic imine (C=N–C) groups is 1. The average molecular weight is 347 g/mol. The molecule has 3 N–H and O–H groups in total. The van der Waals surface area contributed by atoms with E-state index in [1.807, 2.05) is 6.92 Å². The van der Waals surface area contributed by atoms with Gasteiger partial charge in [0, 0.05) is 26.2 Å². The van der Waals surface area contributed by atoms with E-state index in [4.69, 9.17) is 5.11 Å². The van der Waals surface area contributed by atoms with Gasteiger partial charge in [0.2, 0.25) is 0 Å². The van der Waals surface area contributed by atoms with E-state index in [2.05, 4.69) is 51.7 Å². The zero-order chi connectivity index (χ0) is 17.9. The summed E-state index contributed by atoms with van der Waals surface area (Å²) in [6, 6.07) is 8.83. The van der Waals surface area contributed by atoms with E-state index >= 15 is 0 Å². The Morgan fingerprint density at radius 3 is 2.44 bits per heavy atom. The highest BCUT2D eigenvalue weighted by molar-refractivity contribution is 5.79. The van der Waals surface area contributed by atoms with Crippen LogP contribution in [0.2, 0.25) is 0 Å². The van der Waals surface area contributed by atoms with Gasteiger partial charge in [-0.1, -0.05) is 37.6 Å². The summed E-state index contributed by atoms with van der Waals surface area (Å²) >= 11 is 0. The summed E-state index contributed by atoms with van der Waals surface area (Å²) in [6.07, 6.45) is 4.05. The summed E-state index contributed by atoms with van der Waals surface area (Å²) < 4.78 is 0. The number of benzene rings is 1. The molecule has 0 aromatic heterocycles. The average Bonchev–Trinajstić information content (AvgIpc) is 2.65. The number of likely N-dealkylation sites (tertiary alicyclic amines) is 1. The van der Waals surface area contributed by atoms with Gasteiger partial charge in [-0.3, -0.25) is 4.90 Å². The van der Waals surface area contributed by atoms with E-state index in [9.17, 15) is 0 Å². The first-order chi connectivity index (χ1) is 12.2. The van der Waals surface area contributed by atoms with Crippen molar-refractivity contribution in [3.05, 3.63) is 35.4 Å². The lowest BCUT2D eigenvalue weighted by atomic mass is 10.1. The summed E-state index contributed by atoms with van der Waals surface area (Å²) in [5.41, 5.74) is 2.60. The van der Waals surface area contributed by atoms with E-state index in [1.165, 1.54) is 43.5 Å². The zero-order valence-corrected chi connectivity index (χ0v) is 15.8. The van der Waals surface area contributed by atoms with Gasteiger partial charge in [-0.25, -0.2) is 4.99 Å². The quantitative estimate of drug-likeness (QED) is 0.500. The number of piperidine rings is 1. The summed E-state index contributed by atoms with van der Waals surface area (Å²) in [7, 11) is 0. The number of nitrogens with zero attached hydrogens (tertiary/aromatic N) is 2. The number of hydrogen-bond donors (Lipinski definition) is 3. The molecule has 5 nitrogen and oxygen atoms in total. The first-order valence-corrected chi connectivity index (χ1v) is 9.64. The molecule has 5 heteroatoms. The number of aliphatic hydroxyl groups excluding tert-OH is 1. The van der Waals surface area contributed by atoms with Gasteiger partial charge in [0.05, 0.1) is 6.54 Å². The highest BCUT2D eigenvalue weighted by Gasteiger charge is 2.10. The van der Waals surface area contributed by atoms with Crippen molar-refractivity contribution in [3.8, 4) is 0 Å². The van der Waals surface area contributed by atoms with Gasteiger partial charge in [0.15, 0.2) is 5.96 Å². The minimum atomic E-state index is 0.185. The first kappa shape index (κ1) is 19.7. The molecule has 2 rings (SSSR count). The topological polar surface area (TPSA) is 59.9 Å². The second kappa shape index (κ2) is 11.1. The monoisotopic (exact) mass is 346 g/mol. The van der Waals surface area contributed by atoms with E-state index in [-0.39, 0.29) is 12.5 Å². The molecule has 0 saturated carbocycles. The zero-order valence-electron chi connectivity index (χ0n) is 15.8.